The predicted octanol–water partition coefficient (Wildman–Crippen LogP) is 6.23. The molecule has 1 aromatic carbocycles. The van der Waals surface area contributed by atoms with Crippen molar-refractivity contribution < 1.29 is 5.11 Å². The van der Waals surface area contributed by atoms with Crippen LogP contribution in [-0.2, 0) is 12.0 Å². The molecule has 0 heterocycles. The maximum atomic E-state index is 9.50. The minimum Gasteiger partial charge on any atom is -0.392 e. The first kappa shape index (κ1) is 16.9. The molecule has 2 atom stereocenters. The fraction of sp³-hybridized carbons (Fsp3) is 0.778. The Kier molecular flexibility index (Phi) is 3.29. The van der Waals surface area contributed by atoms with Gasteiger partial charge >= 0.3 is 0 Å². The Morgan fingerprint density at radius 3 is 1.68 bits per heavy atom. The summed E-state index contributed by atoms with van der Waals surface area (Å²) in [5, 5.41) is 9.50. The molecule has 0 saturated heterocycles. The smallest absolute Gasteiger partial charge is 0.0681 e. The summed E-state index contributed by atoms with van der Waals surface area (Å²) >= 11 is 0. The van der Waals surface area contributed by atoms with Gasteiger partial charge in [-0.1, -0.05) is 24.3 Å². The van der Waals surface area contributed by atoms with Crippen molar-refractivity contribution in [2.45, 2.75) is 89.1 Å². The minimum atomic E-state index is 0.176. The zero-order valence-electron chi connectivity index (χ0n) is 17.3. The molecule has 8 fully saturated rings. The van der Waals surface area contributed by atoms with Crippen molar-refractivity contribution in [3.63, 3.8) is 0 Å². The molecule has 1 heteroatoms. The average Bonchev–Trinajstić information content (AvgIpc) is 2.66. The van der Waals surface area contributed by atoms with Crippen LogP contribution in [0.25, 0.3) is 0 Å². The molecule has 0 spiro atoms. The number of aliphatic hydroxyl groups is 1. The predicted molar refractivity (Wildman–Crippen MR) is 112 cm³/mol. The highest BCUT2D eigenvalue weighted by atomic mass is 16.3. The third-order valence-corrected chi connectivity index (χ3v) is 11.0. The maximum absolute atomic E-state index is 9.50. The molecule has 1 nitrogen and oxygen atoms in total. The summed E-state index contributed by atoms with van der Waals surface area (Å²) in [6.45, 7) is 0.176. The second-order valence-corrected chi connectivity index (χ2v) is 12.6. The lowest BCUT2D eigenvalue weighted by molar-refractivity contribution is -0.205. The normalized spacial score (nSPS) is 53.1. The zero-order valence-corrected chi connectivity index (χ0v) is 17.3. The topological polar surface area (TPSA) is 20.2 Å². The van der Waals surface area contributed by atoms with Crippen LogP contribution in [0.3, 0.4) is 0 Å². The first-order chi connectivity index (χ1) is 13.6. The second-order valence-electron chi connectivity index (χ2n) is 12.6. The Balaban J connectivity index is 1.31. The Morgan fingerprint density at radius 1 is 0.643 bits per heavy atom. The number of hydrogen-bond donors (Lipinski definition) is 1. The lowest BCUT2D eigenvalue weighted by Crippen LogP contribution is -2.63. The van der Waals surface area contributed by atoms with Gasteiger partial charge in [0.2, 0.25) is 0 Å². The van der Waals surface area contributed by atoms with Gasteiger partial charge in [-0.3, -0.25) is 0 Å². The third-order valence-electron chi connectivity index (χ3n) is 11.0. The molecule has 8 bridgehead atoms. The van der Waals surface area contributed by atoms with Crippen molar-refractivity contribution in [3.8, 4) is 0 Å². The molecule has 0 aromatic heterocycles. The van der Waals surface area contributed by atoms with E-state index in [1.165, 1.54) is 25.7 Å². The summed E-state index contributed by atoms with van der Waals surface area (Å²) in [5.74, 6) is 5.23. The molecule has 0 radical (unpaired) electrons. The van der Waals surface area contributed by atoms with Crippen LogP contribution in [0.1, 0.15) is 88.2 Å². The highest BCUT2D eigenvalue weighted by molar-refractivity contribution is 5.34. The average molecular weight is 377 g/mol. The van der Waals surface area contributed by atoms with Crippen molar-refractivity contribution in [2.24, 2.45) is 40.4 Å². The molecule has 8 saturated carbocycles. The number of hydrogen-bond acceptors (Lipinski definition) is 1. The van der Waals surface area contributed by atoms with Crippen LogP contribution in [0, 0.1) is 40.4 Å². The van der Waals surface area contributed by atoms with Gasteiger partial charge in [-0.2, -0.15) is 0 Å². The molecule has 8 aliphatic rings. The molecule has 1 aromatic rings. The molecular formula is C27H36O. The molecule has 150 valence electrons. The van der Waals surface area contributed by atoms with Gasteiger partial charge in [-0.25, -0.2) is 0 Å². The van der Waals surface area contributed by atoms with Crippen LogP contribution in [-0.4, -0.2) is 5.11 Å². The summed E-state index contributed by atoms with van der Waals surface area (Å²) in [5.41, 5.74) is 4.54. The van der Waals surface area contributed by atoms with Crippen LogP contribution in [0.5, 0.6) is 0 Å². The minimum absolute atomic E-state index is 0.176. The van der Waals surface area contributed by atoms with Crippen LogP contribution in [0.2, 0.25) is 0 Å². The van der Waals surface area contributed by atoms with Gasteiger partial charge in [0.1, 0.15) is 0 Å². The van der Waals surface area contributed by atoms with Crippen LogP contribution >= 0.6 is 0 Å². The summed E-state index contributed by atoms with van der Waals surface area (Å²) in [6, 6.07) is 9.19. The number of rotatable bonds is 3. The monoisotopic (exact) mass is 376 g/mol. The quantitative estimate of drug-likeness (QED) is 0.662. The summed E-state index contributed by atoms with van der Waals surface area (Å²) < 4.78 is 0. The first-order valence-corrected chi connectivity index (χ1v) is 12.3. The fourth-order valence-corrected chi connectivity index (χ4v) is 10.9. The van der Waals surface area contributed by atoms with Crippen LogP contribution < -0.4 is 0 Å². The Labute approximate surface area is 170 Å². The van der Waals surface area contributed by atoms with Crippen molar-refractivity contribution in [2.75, 3.05) is 0 Å². The van der Waals surface area contributed by atoms with E-state index < -0.39 is 0 Å². The molecule has 28 heavy (non-hydrogen) atoms. The molecule has 0 aliphatic heterocycles. The highest BCUT2D eigenvalue weighted by Gasteiger charge is 2.67. The van der Waals surface area contributed by atoms with E-state index in [1.54, 1.807) is 56.9 Å². The van der Waals surface area contributed by atoms with Crippen molar-refractivity contribution in [3.05, 3.63) is 35.4 Å². The molecule has 2 unspecified atom stereocenters. The van der Waals surface area contributed by atoms with Crippen molar-refractivity contribution in [1.29, 1.82) is 0 Å². The van der Waals surface area contributed by atoms with E-state index in [2.05, 4.69) is 24.3 Å². The fourth-order valence-electron chi connectivity index (χ4n) is 10.9. The van der Waals surface area contributed by atoms with Gasteiger partial charge in [0, 0.05) is 0 Å². The maximum Gasteiger partial charge on any atom is 0.0681 e. The third kappa shape index (κ3) is 2.13. The number of aliphatic hydroxyl groups excluding tert-OH is 1. The van der Waals surface area contributed by atoms with E-state index in [0.717, 1.165) is 40.6 Å². The molecule has 1 N–H and O–H groups in total. The van der Waals surface area contributed by atoms with E-state index >= 15 is 0 Å². The molecular weight excluding hydrogens is 340 g/mol. The van der Waals surface area contributed by atoms with Crippen molar-refractivity contribution in [1.82, 2.24) is 0 Å². The van der Waals surface area contributed by atoms with E-state index in [-0.39, 0.29) is 6.61 Å². The Bertz CT molecular complexity index is 740. The van der Waals surface area contributed by atoms with E-state index in [4.69, 9.17) is 0 Å². The first-order valence-electron chi connectivity index (χ1n) is 12.3. The summed E-state index contributed by atoms with van der Waals surface area (Å²) in [4.78, 5) is 0. The summed E-state index contributed by atoms with van der Waals surface area (Å²) in [6.07, 6.45) is 18.6. The van der Waals surface area contributed by atoms with Gasteiger partial charge < -0.3 is 5.11 Å². The van der Waals surface area contributed by atoms with E-state index in [0.29, 0.717) is 10.8 Å². The SMILES string of the molecule is OCc1ccc(C23CC4CC(C2)CC(C25CC6CC(CC(C6)C2)C5)(C4)C3)cc1. The van der Waals surface area contributed by atoms with Gasteiger partial charge in [0.25, 0.3) is 0 Å². The standard InChI is InChI=1S/C27H36O/c28-16-18-1-3-24(4-2-18)25-9-22-8-23(10-25)15-27(14-22,17-25)26-11-19-5-20(12-26)7-21(6-19)13-26/h1-4,19-23,28H,5-17H2. The van der Waals surface area contributed by atoms with Gasteiger partial charge in [0.05, 0.1) is 6.61 Å². The van der Waals surface area contributed by atoms with Gasteiger partial charge in [-0.05, 0) is 134 Å². The highest BCUT2D eigenvalue weighted by Crippen LogP contribution is 2.77. The lowest BCUT2D eigenvalue weighted by Gasteiger charge is -2.72. The molecule has 8 aliphatic carbocycles. The molecule has 9 rings (SSSR count). The van der Waals surface area contributed by atoms with Gasteiger partial charge in [0.15, 0.2) is 0 Å². The summed E-state index contributed by atoms with van der Waals surface area (Å²) in [7, 11) is 0. The van der Waals surface area contributed by atoms with E-state index in [9.17, 15) is 5.11 Å². The number of benzene rings is 1. The van der Waals surface area contributed by atoms with Crippen LogP contribution in [0.4, 0.5) is 0 Å². The molecule has 0 amide bonds. The Hall–Kier alpha value is -0.820. The Morgan fingerprint density at radius 2 is 1.14 bits per heavy atom. The van der Waals surface area contributed by atoms with Crippen LogP contribution in [0.15, 0.2) is 24.3 Å². The zero-order chi connectivity index (χ0) is 18.6. The second kappa shape index (κ2) is 5.45. The lowest BCUT2D eigenvalue weighted by atomic mass is 9.32. The largest absolute Gasteiger partial charge is 0.392 e. The van der Waals surface area contributed by atoms with Gasteiger partial charge in [-0.15, -0.1) is 0 Å². The van der Waals surface area contributed by atoms with E-state index in [1.807, 2.05) is 0 Å². The van der Waals surface area contributed by atoms with Crippen molar-refractivity contribution >= 4 is 0 Å².